The van der Waals surface area contributed by atoms with Crippen LogP contribution in [-0.4, -0.2) is 23.4 Å². The van der Waals surface area contributed by atoms with Gasteiger partial charge in [0.1, 0.15) is 22.6 Å². The van der Waals surface area contributed by atoms with Crippen LogP contribution in [0.2, 0.25) is 0 Å². The van der Waals surface area contributed by atoms with E-state index in [1.807, 2.05) is 69.3 Å². The summed E-state index contributed by atoms with van der Waals surface area (Å²) in [6, 6.07) is 15.2. The number of alkyl carbamates (subject to hydrolysis) is 2. The van der Waals surface area contributed by atoms with E-state index in [4.69, 9.17) is 20.9 Å². The van der Waals surface area contributed by atoms with Crippen molar-refractivity contribution in [1.82, 2.24) is 10.6 Å². The Morgan fingerprint density at radius 3 is 1.54 bits per heavy atom. The molecule has 41 heavy (non-hydrogen) atoms. The summed E-state index contributed by atoms with van der Waals surface area (Å²) in [7, 11) is 0. The van der Waals surface area contributed by atoms with Crippen molar-refractivity contribution < 1.29 is 19.1 Å². The Balaban J connectivity index is 0.000000305. The summed E-state index contributed by atoms with van der Waals surface area (Å²) in [5.74, 6) is 0. The fourth-order valence-corrected chi connectivity index (χ4v) is 3.47. The number of benzene rings is 2. The van der Waals surface area contributed by atoms with Crippen LogP contribution < -0.4 is 38.3 Å². The summed E-state index contributed by atoms with van der Waals surface area (Å²) in [5.41, 5.74) is 12.7. The van der Waals surface area contributed by atoms with Gasteiger partial charge in [-0.1, -0.05) is 48.5 Å². The molecule has 0 radical (unpaired) electrons. The van der Waals surface area contributed by atoms with Crippen LogP contribution in [-0.2, 0) is 35.7 Å². The molecule has 3 aromatic rings. The number of carbonyl (C=O) groups is 2. The van der Waals surface area contributed by atoms with Crippen molar-refractivity contribution in [2.75, 3.05) is 11.1 Å². The van der Waals surface area contributed by atoms with Gasteiger partial charge in [0.2, 0.25) is 0 Å². The zero-order valence-electron chi connectivity index (χ0n) is 24.6. The Morgan fingerprint density at radius 1 is 0.707 bits per heavy atom. The molecule has 0 aromatic heterocycles. The molecule has 0 saturated heterocycles. The summed E-state index contributed by atoms with van der Waals surface area (Å²) < 4.78 is 10.3. The number of nitrogens with one attached hydrogen (secondary N) is 3. The number of amides is 2. The molecule has 0 unspecified atom stereocenters. The molecule has 3 rings (SSSR count). The molecule has 0 aliphatic carbocycles. The number of hydrogen-bond donors (Lipinski definition) is 5. The third kappa shape index (κ3) is 11.7. The number of rotatable bonds is 8. The van der Waals surface area contributed by atoms with E-state index in [9.17, 15) is 19.2 Å². The first-order valence-corrected chi connectivity index (χ1v) is 13.2. The van der Waals surface area contributed by atoms with E-state index in [0.29, 0.717) is 26.2 Å². The number of carbonyl (C=O) groups excluding carboxylic acids is 2. The number of ether oxygens (including phenoxy) is 2. The minimum Gasteiger partial charge on any atom is -0.444 e. The van der Waals surface area contributed by atoms with Gasteiger partial charge in [-0.2, -0.15) is 0 Å². The molecule has 222 valence electrons. The second-order valence-corrected chi connectivity index (χ2v) is 11.4. The Hall–Kier alpha value is -4.38. The summed E-state index contributed by atoms with van der Waals surface area (Å²) in [5, 5.41) is 8.25. The van der Waals surface area contributed by atoms with E-state index in [2.05, 4.69) is 16.0 Å². The van der Waals surface area contributed by atoms with Crippen LogP contribution in [0.1, 0.15) is 63.8 Å². The zero-order valence-corrected chi connectivity index (χ0v) is 24.6. The topological polar surface area (TPSA) is 175 Å². The minimum absolute atomic E-state index is 0.0252. The second kappa shape index (κ2) is 14.3. The average Bonchev–Trinajstić information content (AvgIpc) is 2.89. The molecule has 11 nitrogen and oxygen atoms in total. The molecule has 7 N–H and O–H groups in total. The van der Waals surface area contributed by atoms with Crippen LogP contribution in [0.4, 0.5) is 21.0 Å². The summed E-state index contributed by atoms with van der Waals surface area (Å²) in [4.78, 5) is 45.5. The summed E-state index contributed by atoms with van der Waals surface area (Å²) in [6.07, 6.45) is -0.891. The van der Waals surface area contributed by atoms with Gasteiger partial charge in [0.25, 0.3) is 10.9 Å². The first kappa shape index (κ1) is 32.8. The molecule has 0 heterocycles. The Morgan fingerprint density at radius 2 is 1.12 bits per heavy atom. The Kier molecular flexibility index (Phi) is 11.5. The van der Waals surface area contributed by atoms with Gasteiger partial charge in [-0.25, -0.2) is 9.59 Å². The Labute approximate surface area is 240 Å². The van der Waals surface area contributed by atoms with E-state index >= 15 is 0 Å². The number of hydrogen-bond acceptors (Lipinski definition) is 9. The quantitative estimate of drug-likeness (QED) is 0.254. The highest BCUT2D eigenvalue weighted by molar-refractivity contribution is 5.71. The highest BCUT2D eigenvalue weighted by atomic mass is 16.6. The van der Waals surface area contributed by atoms with Gasteiger partial charge in [-0.3, -0.25) is 9.59 Å². The predicted molar refractivity (Wildman–Crippen MR) is 160 cm³/mol. The summed E-state index contributed by atoms with van der Waals surface area (Å²) in [6.45, 7) is 12.5. The Bertz CT molecular complexity index is 1400. The molecule has 11 heteroatoms. The fourth-order valence-electron chi connectivity index (χ4n) is 3.47. The number of anilines is 2. The van der Waals surface area contributed by atoms with Crippen molar-refractivity contribution in [3.63, 3.8) is 0 Å². The van der Waals surface area contributed by atoms with Crippen molar-refractivity contribution in [2.45, 2.75) is 78.9 Å². The molecule has 0 aliphatic heterocycles. The SMILES string of the molecule is CC(C)(C)OC(=O)NCc1cccc(CN)c1.CC(C)(C)OC(=O)NCc1cccc(CNc2c(N)c(=O)c2=O)c1. The molecule has 3 aromatic carbocycles. The van der Waals surface area contributed by atoms with Gasteiger partial charge in [0.15, 0.2) is 0 Å². The largest absolute Gasteiger partial charge is 0.444 e. The lowest BCUT2D eigenvalue weighted by molar-refractivity contribution is 0.0512. The molecule has 0 saturated carbocycles. The van der Waals surface area contributed by atoms with Gasteiger partial charge in [-0.05, 0) is 63.8 Å². The van der Waals surface area contributed by atoms with E-state index in [1.165, 1.54) is 0 Å². The molecule has 0 fully saturated rings. The first-order valence-electron chi connectivity index (χ1n) is 13.2. The van der Waals surface area contributed by atoms with E-state index in [0.717, 1.165) is 22.3 Å². The highest BCUT2D eigenvalue weighted by Gasteiger charge is 2.18. The highest BCUT2D eigenvalue weighted by Crippen LogP contribution is 2.13. The normalized spacial score (nSPS) is 11.2. The van der Waals surface area contributed by atoms with Crippen molar-refractivity contribution in [1.29, 1.82) is 0 Å². The monoisotopic (exact) mass is 567 g/mol. The lowest BCUT2D eigenvalue weighted by Crippen LogP contribution is -2.36. The lowest BCUT2D eigenvalue weighted by atomic mass is 10.1. The zero-order chi connectivity index (χ0) is 30.8. The van der Waals surface area contributed by atoms with Crippen LogP contribution in [0, 0.1) is 0 Å². The predicted octanol–water partition coefficient (Wildman–Crippen LogP) is 3.67. The van der Waals surface area contributed by atoms with E-state index in [-0.39, 0.29) is 11.4 Å². The maximum atomic E-state index is 11.6. The van der Waals surface area contributed by atoms with Gasteiger partial charge < -0.3 is 36.9 Å². The van der Waals surface area contributed by atoms with Gasteiger partial charge in [0, 0.05) is 26.2 Å². The standard InChI is InChI=1S/C17H21N3O4.C13H20N2O2/c1-17(2,3)24-16(23)20-9-11-6-4-5-10(7-11)8-19-13-12(18)14(21)15(13)22;1-13(2,3)17-12(16)15-9-11-6-4-5-10(7-11)8-14/h4-7,19H,8-9,18H2,1-3H3,(H,20,23);4-7H,8-9,14H2,1-3H3,(H,15,16). The van der Waals surface area contributed by atoms with Gasteiger partial charge in [0.05, 0.1) is 0 Å². The molecular formula is C30H41N5O6. The molecule has 0 bridgehead atoms. The molecule has 0 spiro atoms. The van der Waals surface area contributed by atoms with Crippen LogP contribution in [0.25, 0.3) is 0 Å². The second-order valence-electron chi connectivity index (χ2n) is 11.4. The fraction of sp³-hybridized carbons (Fsp3) is 0.400. The maximum absolute atomic E-state index is 11.6. The third-order valence-corrected chi connectivity index (χ3v) is 5.31. The third-order valence-electron chi connectivity index (χ3n) is 5.31. The molecule has 0 atom stereocenters. The van der Waals surface area contributed by atoms with Crippen LogP contribution >= 0.6 is 0 Å². The summed E-state index contributed by atoms with van der Waals surface area (Å²) >= 11 is 0. The maximum Gasteiger partial charge on any atom is 0.407 e. The van der Waals surface area contributed by atoms with E-state index < -0.39 is 34.2 Å². The van der Waals surface area contributed by atoms with Crippen molar-refractivity contribution >= 4 is 23.6 Å². The van der Waals surface area contributed by atoms with Crippen molar-refractivity contribution in [3.8, 4) is 0 Å². The average molecular weight is 568 g/mol. The van der Waals surface area contributed by atoms with E-state index in [1.54, 1.807) is 20.8 Å². The van der Waals surface area contributed by atoms with Crippen molar-refractivity contribution in [3.05, 3.63) is 91.2 Å². The van der Waals surface area contributed by atoms with Gasteiger partial charge in [-0.15, -0.1) is 0 Å². The van der Waals surface area contributed by atoms with Gasteiger partial charge >= 0.3 is 12.2 Å². The molecule has 2 amide bonds. The van der Waals surface area contributed by atoms with Crippen molar-refractivity contribution in [2.24, 2.45) is 5.73 Å². The molecular weight excluding hydrogens is 526 g/mol. The molecule has 0 aliphatic rings. The van der Waals surface area contributed by atoms with Crippen LogP contribution in [0.15, 0.2) is 58.1 Å². The lowest BCUT2D eigenvalue weighted by Gasteiger charge is -2.19. The van der Waals surface area contributed by atoms with Crippen LogP contribution in [0.5, 0.6) is 0 Å². The van der Waals surface area contributed by atoms with Crippen LogP contribution in [0.3, 0.4) is 0 Å². The number of nitrogens with two attached hydrogens (primary N) is 2. The first-order chi connectivity index (χ1) is 19.1. The number of nitrogen functional groups attached to an aromatic ring is 1. The minimum atomic E-state index is -0.646. The smallest absolute Gasteiger partial charge is 0.407 e.